The van der Waals surface area contributed by atoms with Crippen molar-refractivity contribution in [2.24, 2.45) is 0 Å². The minimum Gasteiger partial charge on any atom is -0.348 e. The third kappa shape index (κ3) is 4.27. The fourth-order valence-corrected chi connectivity index (χ4v) is 8.46. The summed E-state index contributed by atoms with van der Waals surface area (Å²) in [6, 6.07) is 29.3. The molecule has 0 spiro atoms. The van der Waals surface area contributed by atoms with Gasteiger partial charge in [-0.1, -0.05) is 72.8 Å². The number of nitrogens with zero attached hydrogens (tertiary/aromatic N) is 2. The second kappa shape index (κ2) is 10.9. The fraction of sp³-hybridized carbons (Fsp3) is 0.0526. The number of hydrogen-bond donors (Lipinski definition) is 2. The Hall–Kier alpha value is -5.84. The van der Waals surface area contributed by atoms with Gasteiger partial charge in [-0.3, -0.25) is 19.2 Å². The van der Waals surface area contributed by atoms with E-state index < -0.39 is 0 Å². The molecule has 230 valence electrons. The Kier molecular flexibility index (Phi) is 6.43. The van der Waals surface area contributed by atoms with Gasteiger partial charge in [-0.25, -0.2) is 0 Å². The number of hydrogen-bond acceptors (Lipinski definition) is 8. The van der Waals surface area contributed by atoms with Gasteiger partial charge in [-0.05, 0) is 58.5 Å². The smallest absolute Gasteiger partial charge is 0.253 e. The first-order valence-electron chi connectivity index (χ1n) is 15.2. The van der Waals surface area contributed by atoms with Crippen LogP contribution in [0.2, 0.25) is 0 Å². The highest BCUT2D eigenvalue weighted by Gasteiger charge is 2.31. The van der Waals surface area contributed by atoms with Gasteiger partial charge >= 0.3 is 0 Å². The molecule has 0 radical (unpaired) electrons. The normalized spacial score (nSPS) is 12.6. The zero-order chi connectivity index (χ0) is 32.5. The fourth-order valence-electron chi connectivity index (χ4n) is 6.60. The first kappa shape index (κ1) is 28.4. The summed E-state index contributed by atoms with van der Waals surface area (Å²) in [5, 5.41) is 7.45. The van der Waals surface area contributed by atoms with Crippen molar-refractivity contribution < 1.29 is 19.2 Å². The van der Waals surface area contributed by atoms with Crippen molar-refractivity contribution in [2.45, 2.75) is 13.1 Å². The third-order valence-corrected chi connectivity index (χ3v) is 10.8. The van der Waals surface area contributed by atoms with Crippen LogP contribution in [0.1, 0.15) is 63.7 Å². The van der Waals surface area contributed by atoms with Crippen LogP contribution in [0.25, 0.3) is 42.7 Å². The highest BCUT2D eigenvalue weighted by Crippen LogP contribution is 2.43. The van der Waals surface area contributed by atoms with Crippen molar-refractivity contribution in [2.75, 3.05) is 0 Å². The molecule has 9 rings (SSSR count). The molecular weight excluding hydrogens is 641 g/mol. The van der Waals surface area contributed by atoms with E-state index in [0.29, 0.717) is 55.9 Å². The molecule has 0 unspecified atom stereocenters. The molecule has 0 saturated carbocycles. The number of benzene rings is 5. The highest BCUT2D eigenvalue weighted by atomic mass is 32.1. The highest BCUT2D eigenvalue weighted by molar-refractivity contribution is 7.14. The standard InChI is InChI=1S/C38H22N4O4S2/c43-33-23-7-3-1-5-21(23)31-29-25(33)13-15-27(35(29)47-41-31)37(45)39-17-19-9-11-20(12-10-19)18-40-38(46)28-16-14-26-30-32(42-48-36(28)30)22-6-2-4-8-24(22)34(26)44/h1-16H,17-18H2,(H,39,45)(H,40,46). The maximum Gasteiger partial charge on any atom is 0.253 e. The first-order chi connectivity index (χ1) is 23.5. The lowest BCUT2D eigenvalue weighted by Crippen LogP contribution is -2.24. The second-order valence-corrected chi connectivity index (χ2v) is 13.3. The summed E-state index contributed by atoms with van der Waals surface area (Å²) in [7, 11) is 0. The van der Waals surface area contributed by atoms with Crippen molar-refractivity contribution >= 4 is 66.6 Å². The number of fused-ring (bicyclic) bond motifs is 4. The van der Waals surface area contributed by atoms with Crippen molar-refractivity contribution in [3.63, 3.8) is 0 Å². The van der Waals surface area contributed by atoms with Crippen LogP contribution in [-0.4, -0.2) is 32.1 Å². The molecule has 0 fully saturated rings. The molecule has 2 aliphatic rings. The second-order valence-electron chi connectivity index (χ2n) is 11.7. The van der Waals surface area contributed by atoms with Crippen LogP contribution in [0.5, 0.6) is 0 Å². The first-order valence-corrected chi connectivity index (χ1v) is 16.8. The Morgan fingerprint density at radius 3 is 1.31 bits per heavy atom. The van der Waals surface area contributed by atoms with E-state index in [1.54, 1.807) is 24.3 Å². The van der Waals surface area contributed by atoms with E-state index >= 15 is 0 Å². The van der Waals surface area contributed by atoms with E-state index in [1.807, 2.05) is 72.8 Å². The maximum absolute atomic E-state index is 13.3. The van der Waals surface area contributed by atoms with Gasteiger partial charge in [0.05, 0.1) is 31.9 Å². The molecule has 0 saturated heterocycles. The quantitative estimate of drug-likeness (QED) is 0.195. The van der Waals surface area contributed by atoms with E-state index in [9.17, 15) is 19.2 Å². The number of carbonyl (C=O) groups excluding carboxylic acids is 4. The molecule has 48 heavy (non-hydrogen) atoms. The molecule has 2 N–H and O–H groups in total. The molecule has 5 aromatic carbocycles. The number of rotatable bonds is 6. The van der Waals surface area contributed by atoms with Gasteiger partial charge in [0.15, 0.2) is 11.6 Å². The summed E-state index contributed by atoms with van der Waals surface area (Å²) in [6.07, 6.45) is 0. The average Bonchev–Trinajstić information content (AvgIpc) is 3.78. The summed E-state index contributed by atoms with van der Waals surface area (Å²) in [4.78, 5) is 52.9. The molecule has 0 aliphatic heterocycles. The summed E-state index contributed by atoms with van der Waals surface area (Å²) < 4.78 is 10.6. The van der Waals surface area contributed by atoms with Crippen LogP contribution in [0.3, 0.4) is 0 Å². The molecule has 8 nitrogen and oxygen atoms in total. The van der Waals surface area contributed by atoms with Gasteiger partial charge < -0.3 is 10.6 Å². The minimum atomic E-state index is -0.243. The predicted octanol–water partition coefficient (Wildman–Crippen LogP) is 7.19. The Balaban J connectivity index is 0.877. The molecule has 2 heterocycles. The maximum atomic E-state index is 13.3. The van der Waals surface area contributed by atoms with Crippen LogP contribution in [0.4, 0.5) is 0 Å². The van der Waals surface area contributed by atoms with Crippen molar-refractivity contribution in [1.82, 2.24) is 19.4 Å². The predicted molar refractivity (Wildman–Crippen MR) is 186 cm³/mol. The third-order valence-electron chi connectivity index (χ3n) is 9.01. The minimum absolute atomic E-state index is 0.0573. The Labute approximate surface area is 281 Å². The molecule has 7 aromatic rings. The van der Waals surface area contributed by atoms with Gasteiger partial charge in [-0.15, -0.1) is 0 Å². The van der Waals surface area contributed by atoms with E-state index in [2.05, 4.69) is 19.4 Å². The largest absolute Gasteiger partial charge is 0.348 e. The van der Waals surface area contributed by atoms with Gasteiger partial charge in [0.25, 0.3) is 11.8 Å². The van der Waals surface area contributed by atoms with Crippen LogP contribution in [0, 0.1) is 0 Å². The molecule has 2 aliphatic carbocycles. The molecule has 2 amide bonds. The van der Waals surface area contributed by atoms with Gasteiger partial charge in [0.2, 0.25) is 0 Å². The van der Waals surface area contributed by atoms with E-state index in [4.69, 9.17) is 0 Å². The molecule has 0 atom stereocenters. The zero-order valence-corrected chi connectivity index (χ0v) is 26.6. The van der Waals surface area contributed by atoms with Gasteiger partial charge in [0.1, 0.15) is 0 Å². The van der Waals surface area contributed by atoms with E-state index in [0.717, 1.165) is 44.4 Å². The summed E-state index contributed by atoms with van der Waals surface area (Å²) >= 11 is 2.46. The molecule has 10 heteroatoms. The number of aromatic nitrogens is 2. The number of amides is 2. The average molecular weight is 663 g/mol. The van der Waals surface area contributed by atoms with Crippen LogP contribution < -0.4 is 10.6 Å². The van der Waals surface area contributed by atoms with Crippen LogP contribution in [-0.2, 0) is 13.1 Å². The van der Waals surface area contributed by atoms with Crippen molar-refractivity contribution in [3.8, 4) is 22.5 Å². The lowest BCUT2D eigenvalue weighted by atomic mass is 9.87. The molecular formula is C38H22N4O4S2. The van der Waals surface area contributed by atoms with Crippen molar-refractivity contribution in [1.29, 1.82) is 0 Å². The Bertz CT molecular complexity index is 2370. The Morgan fingerprint density at radius 1 is 0.500 bits per heavy atom. The number of ketones is 2. The summed E-state index contributed by atoms with van der Waals surface area (Å²) in [5.74, 6) is -0.600. The molecule has 0 bridgehead atoms. The van der Waals surface area contributed by atoms with Crippen LogP contribution in [0.15, 0.2) is 97.1 Å². The summed E-state index contributed by atoms with van der Waals surface area (Å²) in [6.45, 7) is 0.615. The summed E-state index contributed by atoms with van der Waals surface area (Å²) in [5.41, 5.74) is 8.23. The Morgan fingerprint density at radius 2 is 0.896 bits per heavy atom. The zero-order valence-electron chi connectivity index (χ0n) is 25.0. The topological polar surface area (TPSA) is 118 Å². The van der Waals surface area contributed by atoms with E-state index in [-0.39, 0.29) is 23.4 Å². The molecule has 2 aromatic heterocycles. The van der Waals surface area contributed by atoms with Crippen LogP contribution >= 0.6 is 23.1 Å². The van der Waals surface area contributed by atoms with Gasteiger partial charge in [-0.2, -0.15) is 8.75 Å². The van der Waals surface area contributed by atoms with Crippen molar-refractivity contribution in [3.05, 3.63) is 142 Å². The number of carbonyl (C=O) groups is 4. The lowest BCUT2D eigenvalue weighted by molar-refractivity contribution is 0.0944. The van der Waals surface area contributed by atoms with Gasteiger partial charge in [0, 0.05) is 57.2 Å². The SMILES string of the molecule is O=C(NCc1ccc(CNC(=O)c2ccc3c4c(nsc24)-c2ccccc2C3=O)cc1)c1ccc2c3c(nsc13)-c1ccccc1C2=O. The monoisotopic (exact) mass is 662 g/mol. The van der Waals surface area contributed by atoms with E-state index in [1.165, 1.54) is 23.1 Å². The lowest BCUT2D eigenvalue weighted by Gasteiger charge is -2.16. The number of nitrogens with one attached hydrogen (secondary N) is 2.